The number of anilines is 2. The molecule has 0 amide bonds. The van der Waals surface area contributed by atoms with Gasteiger partial charge in [-0.25, -0.2) is 14.7 Å². The van der Waals surface area contributed by atoms with Gasteiger partial charge in [-0.05, 0) is 25.8 Å². The van der Waals surface area contributed by atoms with Crippen LogP contribution in [0.25, 0.3) is 11.0 Å². The average molecular weight is 316 g/mol. The molecule has 0 aliphatic carbocycles. The third-order valence-electron chi connectivity index (χ3n) is 4.20. The average Bonchev–Trinajstić information content (AvgIpc) is 3.23. The van der Waals surface area contributed by atoms with Gasteiger partial charge in [0.15, 0.2) is 24.6 Å². The van der Waals surface area contributed by atoms with Crippen LogP contribution in [-0.2, 0) is 16.0 Å². The Bertz CT molecular complexity index is 722. The Kier molecular flexibility index (Phi) is 3.74. The normalized spacial score (nSPS) is 18.6. The van der Waals surface area contributed by atoms with Gasteiger partial charge >= 0.3 is 0 Å². The molecule has 4 rings (SSSR count). The minimum atomic E-state index is 0.376. The molecule has 0 unspecified atom stereocenters. The van der Waals surface area contributed by atoms with Crippen LogP contribution in [0.2, 0.25) is 0 Å². The first-order valence-corrected chi connectivity index (χ1v) is 7.98. The first-order valence-electron chi connectivity index (χ1n) is 7.98. The zero-order valence-corrected chi connectivity index (χ0v) is 13.1. The monoisotopic (exact) mass is 316 g/mol. The first-order chi connectivity index (χ1) is 11.4. The Balaban J connectivity index is 1.76. The van der Waals surface area contributed by atoms with E-state index in [1.54, 1.807) is 5.01 Å². The lowest BCUT2D eigenvalue weighted by molar-refractivity contribution is 0.0905. The molecule has 1 fully saturated rings. The summed E-state index contributed by atoms with van der Waals surface area (Å²) >= 11 is 0. The fourth-order valence-corrected chi connectivity index (χ4v) is 3.01. The number of nitrogens with zero attached hydrogens (tertiary/aromatic N) is 5. The topological polar surface area (TPSA) is 76.8 Å². The number of rotatable bonds is 4. The zero-order valence-electron chi connectivity index (χ0n) is 13.1. The Labute approximate surface area is 134 Å². The molecule has 0 radical (unpaired) electrons. The van der Waals surface area contributed by atoms with Crippen LogP contribution < -0.4 is 10.3 Å². The summed E-state index contributed by atoms with van der Waals surface area (Å²) in [6, 6.07) is 2.41. The number of hydrogen-bond acceptors (Lipinski definition) is 7. The fourth-order valence-electron chi connectivity index (χ4n) is 3.01. The van der Waals surface area contributed by atoms with E-state index in [4.69, 9.17) is 9.47 Å². The summed E-state index contributed by atoms with van der Waals surface area (Å²) in [6.07, 6.45) is 5.28. The molecule has 1 N–H and O–H groups in total. The quantitative estimate of drug-likeness (QED) is 0.926. The van der Waals surface area contributed by atoms with Crippen LogP contribution in [0, 0.1) is 0 Å². The van der Waals surface area contributed by atoms with E-state index in [1.165, 1.54) is 6.40 Å². The molecular weight excluding hydrogens is 296 g/mol. The molecule has 8 heteroatoms. The highest BCUT2D eigenvalue weighted by atomic mass is 16.5. The third kappa shape index (κ3) is 2.59. The molecule has 2 aromatic heterocycles. The predicted octanol–water partition coefficient (Wildman–Crippen LogP) is 1.78. The van der Waals surface area contributed by atoms with Crippen molar-refractivity contribution >= 4 is 28.9 Å². The highest BCUT2D eigenvalue weighted by molar-refractivity contribution is 5.99. The standard InChI is InChI=1S/C15H20N6O2/c1-2-20-14-13(15(19-20)21-10-23-9-17-21)12(3-6-16-14)18-11-4-7-22-8-5-11/h3,6,9,11H,2,4-5,7-8,10H2,1H3,(H,16,18). The van der Waals surface area contributed by atoms with Crippen LogP contribution in [0.4, 0.5) is 11.5 Å². The van der Waals surface area contributed by atoms with Crippen molar-refractivity contribution in [3.63, 3.8) is 0 Å². The molecule has 23 heavy (non-hydrogen) atoms. The zero-order chi connectivity index (χ0) is 15.6. The van der Waals surface area contributed by atoms with Gasteiger partial charge in [-0.2, -0.15) is 5.10 Å². The number of nitrogens with one attached hydrogen (secondary N) is 1. The second-order valence-corrected chi connectivity index (χ2v) is 5.64. The Morgan fingerprint density at radius 3 is 2.96 bits per heavy atom. The Hall–Kier alpha value is -2.35. The van der Waals surface area contributed by atoms with Gasteiger partial charge in [0.1, 0.15) is 0 Å². The van der Waals surface area contributed by atoms with Gasteiger partial charge in [-0.1, -0.05) is 0 Å². The van der Waals surface area contributed by atoms with Gasteiger partial charge in [-0.3, -0.25) is 0 Å². The van der Waals surface area contributed by atoms with E-state index in [0.717, 1.165) is 55.1 Å². The maximum absolute atomic E-state index is 5.44. The van der Waals surface area contributed by atoms with Gasteiger partial charge in [0.2, 0.25) is 0 Å². The summed E-state index contributed by atoms with van der Waals surface area (Å²) in [7, 11) is 0. The van der Waals surface area contributed by atoms with Gasteiger partial charge in [0.05, 0.1) is 11.1 Å². The third-order valence-corrected chi connectivity index (χ3v) is 4.20. The summed E-state index contributed by atoms with van der Waals surface area (Å²) in [5.74, 6) is 0.776. The maximum Gasteiger partial charge on any atom is 0.195 e. The van der Waals surface area contributed by atoms with E-state index in [9.17, 15) is 0 Å². The van der Waals surface area contributed by atoms with Crippen LogP contribution in [-0.4, -0.2) is 47.2 Å². The van der Waals surface area contributed by atoms with Crippen molar-refractivity contribution in [3.05, 3.63) is 12.3 Å². The summed E-state index contributed by atoms with van der Waals surface area (Å²) in [6.45, 7) is 4.79. The molecule has 2 aliphatic heterocycles. The SMILES string of the molecule is CCn1nc(N2COC=N2)c2c(NC3CCOCC3)ccnc21. The van der Waals surface area contributed by atoms with Crippen molar-refractivity contribution in [1.29, 1.82) is 0 Å². The maximum atomic E-state index is 5.44. The molecule has 4 heterocycles. The summed E-state index contributed by atoms with van der Waals surface area (Å²) in [4.78, 5) is 4.51. The molecule has 1 saturated heterocycles. The van der Waals surface area contributed by atoms with E-state index in [2.05, 4.69) is 27.4 Å². The second-order valence-electron chi connectivity index (χ2n) is 5.64. The van der Waals surface area contributed by atoms with Crippen molar-refractivity contribution in [2.75, 3.05) is 30.3 Å². The van der Waals surface area contributed by atoms with Gasteiger partial charge in [-0.15, -0.1) is 5.10 Å². The summed E-state index contributed by atoms with van der Waals surface area (Å²) in [5.41, 5.74) is 1.90. The lowest BCUT2D eigenvalue weighted by Crippen LogP contribution is -2.28. The summed E-state index contributed by atoms with van der Waals surface area (Å²) in [5, 5.41) is 15.3. The summed E-state index contributed by atoms with van der Waals surface area (Å²) < 4.78 is 12.6. The highest BCUT2D eigenvalue weighted by Gasteiger charge is 2.23. The van der Waals surface area contributed by atoms with Crippen LogP contribution in [0.1, 0.15) is 19.8 Å². The molecule has 0 aromatic carbocycles. The number of pyridine rings is 1. The molecule has 0 saturated carbocycles. The molecule has 122 valence electrons. The molecule has 0 atom stereocenters. The van der Waals surface area contributed by atoms with Crippen molar-refractivity contribution in [1.82, 2.24) is 14.8 Å². The van der Waals surface area contributed by atoms with Crippen LogP contribution >= 0.6 is 0 Å². The predicted molar refractivity (Wildman–Crippen MR) is 87.6 cm³/mol. The fraction of sp³-hybridized carbons (Fsp3) is 0.533. The van der Waals surface area contributed by atoms with Crippen molar-refractivity contribution in [3.8, 4) is 0 Å². The number of fused-ring (bicyclic) bond motifs is 1. The molecular formula is C15H20N6O2. The van der Waals surface area contributed by atoms with Crippen molar-refractivity contribution in [2.24, 2.45) is 5.10 Å². The lowest BCUT2D eigenvalue weighted by atomic mass is 10.1. The smallest absolute Gasteiger partial charge is 0.195 e. The van der Waals surface area contributed by atoms with Gasteiger partial charge < -0.3 is 14.8 Å². The highest BCUT2D eigenvalue weighted by Crippen LogP contribution is 2.33. The van der Waals surface area contributed by atoms with Crippen LogP contribution in [0.5, 0.6) is 0 Å². The van der Waals surface area contributed by atoms with Gasteiger partial charge in [0.25, 0.3) is 0 Å². The Morgan fingerprint density at radius 1 is 1.35 bits per heavy atom. The largest absolute Gasteiger partial charge is 0.459 e. The Morgan fingerprint density at radius 2 is 2.22 bits per heavy atom. The van der Waals surface area contributed by atoms with Gasteiger partial charge in [0, 0.05) is 32.0 Å². The number of aromatic nitrogens is 3. The number of hydrogen-bond donors (Lipinski definition) is 1. The first kappa shape index (κ1) is 14.3. The van der Waals surface area contributed by atoms with Crippen LogP contribution in [0.3, 0.4) is 0 Å². The number of ether oxygens (including phenoxy) is 2. The minimum absolute atomic E-state index is 0.376. The second kappa shape index (κ2) is 6.04. The van der Waals surface area contributed by atoms with E-state index in [-0.39, 0.29) is 0 Å². The van der Waals surface area contributed by atoms with Crippen molar-refractivity contribution < 1.29 is 9.47 Å². The number of aryl methyl sites for hydroxylation is 1. The lowest BCUT2D eigenvalue weighted by Gasteiger charge is -2.24. The molecule has 0 bridgehead atoms. The number of hydrazone groups is 1. The van der Waals surface area contributed by atoms with Crippen molar-refractivity contribution in [2.45, 2.75) is 32.4 Å². The van der Waals surface area contributed by atoms with E-state index >= 15 is 0 Å². The van der Waals surface area contributed by atoms with Crippen LogP contribution in [0.15, 0.2) is 17.4 Å². The molecule has 2 aromatic rings. The minimum Gasteiger partial charge on any atom is -0.459 e. The van der Waals surface area contributed by atoms with E-state index in [0.29, 0.717) is 12.8 Å². The van der Waals surface area contributed by atoms with E-state index < -0.39 is 0 Å². The molecule has 8 nitrogen and oxygen atoms in total. The molecule has 0 spiro atoms. The molecule has 2 aliphatic rings. The van der Waals surface area contributed by atoms with E-state index in [1.807, 2.05) is 16.9 Å².